The van der Waals surface area contributed by atoms with Crippen LogP contribution in [0.15, 0.2) is 72.6 Å². The number of aliphatic hydroxyl groups excluding tert-OH is 1. The minimum absolute atomic E-state index is 0.0521. The van der Waals surface area contributed by atoms with E-state index in [1.165, 1.54) is 4.90 Å². The molecule has 1 amide bonds. The molecule has 35 heavy (non-hydrogen) atoms. The molecule has 1 saturated heterocycles. The lowest BCUT2D eigenvalue weighted by atomic mass is 9.94. The van der Waals surface area contributed by atoms with Crippen molar-refractivity contribution in [3.63, 3.8) is 0 Å². The van der Waals surface area contributed by atoms with Gasteiger partial charge >= 0.3 is 0 Å². The number of benzene rings is 2. The number of carbonyl (C=O) groups excluding carboxylic acids is 2. The third-order valence-corrected chi connectivity index (χ3v) is 6.29. The number of fused-ring (bicyclic) bond motifs is 1. The highest BCUT2D eigenvalue weighted by molar-refractivity contribution is 6.46. The average molecular weight is 471 g/mol. The molecule has 0 saturated carbocycles. The summed E-state index contributed by atoms with van der Waals surface area (Å²) in [4.78, 5) is 32.1. The van der Waals surface area contributed by atoms with Gasteiger partial charge in [-0.05, 0) is 66.9 Å². The summed E-state index contributed by atoms with van der Waals surface area (Å²) in [6.07, 6.45) is 4.08. The Balaban J connectivity index is 1.60. The van der Waals surface area contributed by atoms with E-state index in [0.717, 1.165) is 16.9 Å². The largest absolute Gasteiger partial charge is 0.507 e. The summed E-state index contributed by atoms with van der Waals surface area (Å²) >= 11 is 0. The summed E-state index contributed by atoms with van der Waals surface area (Å²) in [5.74, 6) is -0.108. The molecule has 3 aromatic rings. The van der Waals surface area contributed by atoms with Crippen LogP contribution >= 0.6 is 0 Å². The van der Waals surface area contributed by atoms with Gasteiger partial charge in [0.15, 0.2) is 0 Å². The van der Waals surface area contributed by atoms with Gasteiger partial charge in [-0.2, -0.15) is 0 Å². The number of likely N-dealkylation sites (tertiary alicyclic amines) is 1. The Labute approximate surface area is 203 Å². The van der Waals surface area contributed by atoms with E-state index in [0.29, 0.717) is 29.9 Å². The van der Waals surface area contributed by atoms with Crippen LogP contribution in [0, 0.1) is 0 Å². The molecule has 3 heterocycles. The average Bonchev–Trinajstić information content (AvgIpc) is 3.36. The van der Waals surface area contributed by atoms with Crippen molar-refractivity contribution in [1.29, 1.82) is 0 Å². The van der Waals surface area contributed by atoms with Crippen LogP contribution in [0.3, 0.4) is 0 Å². The predicted octanol–water partition coefficient (Wildman–Crippen LogP) is 4.43. The summed E-state index contributed by atoms with van der Waals surface area (Å²) in [5.41, 5.74) is 3.00. The fourth-order valence-electron chi connectivity index (χ4n) is 4.72. The van der Waals surface area contributed by atoms with E-state index in [1.807, 2.05) is 38.1 Å². The number of ether oxygens (including phenoxy) is 2. The number of carbonyl (C=O) groups is 2. The number of ketones is 1. The van der Waals surface area contributed by atoms with Crippen LogP contribution in [0.1, 0.15) is 42.1 Å². The van der Waals surface area contributed by atoms with Crippen LogP contribution in [0.2, 0.25) is 0 Å². The van der Waals surface area contributed by atoms with Crippen molar-refractivity contribution in [2.75, 3.05) is 6.61 Å². The van der Waals surface area contributed by atoms with Gasteiger partial charge in [-0.25, -0.2) is 0 Å². The standard InChI is InChI=1S/C28H26N2O5/c1-3-34-22-9-6-19(7-10-22)25-24(26(31)20-8-11-23-21(14-20)13-17(2)35-23)27(32)28(33)30(25)16-18-5-4-12-29-15-18/h4-12,14-15,17,25,31H,3,13,16H2,1-2H3/b26-24+. The zero-order valence-electron chi connectivity index (χ0n) is 19.6. The molecular formula is C28H26N2O5. The van der Waals surface area contributed by atoms with E-state index >= 15 is 0 Å². The van der Waals surface area contributed by atoms with Crippen molar-refractivity contribution in [2.45, 2.75) is 39.0 Å². The van der Waals surface area contributed by atoms with Crippen molar-refractivity contribution in [2.24, 2.45) is 0 Å². The van der Waals surface area contributed by atoms with Crippen molar-refractivity contribution in [3.8, 4) is 11.5 Å². The lowest BCUT2D eigenvalue weighted by molar-refractivity contribution is -0.140. The SMILES string of the molecule is CCOc1ccc(C2/C(=C(\O)c3ccc4c(c3)CC(C)O4)C(=O)C(=O)N2Cc2cccnc2)cc1. The number of pyridine rings is 1. The molecule has 1 N–H and O–H groups in total. The minimum atomic E-state index is -0.755. The molecule has 2 aliphatic heterocycles. The summed E-state index contributed by atoms with van der Waals surface area (Å²) in [5, 5.41) is 11.4. The zero-order valence-corrected chi connectivity index (χ0v) is 19.6. The quantitative estimate of drug-likeness (QED) is 0.326. The van der Waals surface area contributed by atoms with Gasteiger partial charge in [0.05, 0.1) is 18.2 Å². The minimum Gasteiger partial charge on any atom is -0.507 e. The Kier molecular flexibility index (Phi) is 5.99. The van der Waals surface area contributed by atoms with E-state index in [2.05, 4.69) is 4.98 Å². The van der Waals surface area contributed by atoms with Gasteiger partial charge in [-0.15, -0.1) is 0 Å². The van der Waals surface area contributed by atoms with Gasteiger partial charge < -0.3 is 19.5 Å². The molecule has 7 nitrogen and oxygen atoms in total. The molecule has 2 aromatic carbocycles. The fraction of sp³-hybridized carbons (Fsp3) is 0.250. The second-order valence-corrected chi connectivity index (χ2v) is 8.75. The highest BCUT2D eigenvalue weighted by Gasteiger charge is 2.46. The van der Waals surface area contributed by atoms with E-state index in [9.17, 15) is 14.7 Å². The molecule has 178 valence electrons. The Morgan fingerprint density at radius 1 is 1.17 bits per heavy atom. The van der Waals surface area contributed by atoms with Crippen LogP contribution in [0.25, 0.3) is 5.76 Å². The Morgan fingerprint density at radius 3 is 2.69 bits per heavy atom. The molecular weight excluding hydrogens is 444 g/mol. The normalized spacial score (nSPS) is 20.6. The van der Waals surface area contributed by atoms with Crippen LogP contribution in [-0.2, 0) is 22.6 Å². The lowest BCUT2D eigenvalue weighted by Gasteiger charge is -2.25. The molecule has 2 aliphatic rings. The summed E-state index contributed by atoms with van der Waals surface area (Å²) in [6, 6.07) is 15.5. The fourth-order valence-corrected chi connectivity index (χ4v) is 4.72. The molecule has 5 rings (SSSR count). The van der Waals surface area contributed by atoms with Crippen molar-refractivity contribution < 1.29 is 24.2 Å². The van der Waals surface area contributed by atoms with E-state index < -0.39 is 17.7 Å². The van der Waals surface area contributed by atoms with Gasteiger partial charge in [0, 0.05) is 30.9 Å². The molecule has 0 aliphatic carbocycles. The van der Waals surface area contributed by atoms with E-state index in [-0.39, 0.29) is 24.0 Å². The van der Waals surface area contributed by atoms with E-state index in [1.54, 1.807) is 42.7 Å². The maximum Gasteiger partial charge on any atom is 0.295 e. The number of aliphatic hydroxyl groups is 1. The van der Waals surface area contributed by atoms with Crippen LogP contribution < -0.4 is 9.47 Å². The van der Waals surface area contributed by atoms with Gasteiger partial charge in [0.2, 0.25) is 0 Å². The summed E-state index contributed by atoms with van der Waals surface area (Å²) in [6.45, 7) is 4.59. The maximum atomic E-state index is 13.3. The highest BCUT2D eigenvalue weighted by atomic mass is 16.5. The maximum absolute atomic E-state index is 13.3. The monoisotopic (exact) mass is 470 g/mol. The molecule has 0 radical (unpaired) electrons. The van der Waals surface area contributed by atoms with E-state index in [4.69, 9.17) is 9.47 Å². The second-order valence-electron chi connectivity index (χ2n) is 8.75. The third-order valence-electron chi connectivity index (χ3n) is 6.29. The van der Waals surface area contributed by atoms with Gasteiger partial charge in [0.25, 0.3) is 11.7 Å². The Bertz CT molecular complexity index is 1300. The topological polar surface area (TPSA) is 89.0 Å². The van der Waals surface area contributed by atoms with Crippen LogP contribution in [0.5, 0.6) is 11.5 Å². The number of hydrogen-bond acceptors (Lipinski definition) is 6. The summed E-state index contributed by atoms with van der Waals surface area (Å²) in [7, 11) is 0. The molecule has 0 spiro atoms. The molecule has 1 fully saturated rings. The number of amides is 1. The number of hydrogen-bond donors (Lipinski definition) is 1. The molecule has 7 heteroatoms. The molecule has 2 atom stereocenters. The van der Waals surface area contributed by atoms with Crippen molar-refractivity contribution in [3.05, 3.63) is 94.8 Å². The van der Waals surface area contributed by atoms with Crippen LogP contribution in [-0.4, -0.2) is 39.4 Å². The first kappa shape index (κ1) is 22.7. The number of nitrogens with zero attached hydrogens (tertiary/aromatic N) is 2. The molecule has 1 aromatic heterocycles. The number of rotatable bonds is 6. The van der Waals surface area contributed by atoms with Gasteiger partial charge in [0.1, 0.15) is 23.4 Å². The zero-order chi connectivity index (χ0) is 24.5. The smallest absolute Gasteiger partial charge is 0.295 e. The first-order valence-corrected chi connectivity index (χ1v) is 11.7. The van der Waals surface area contributed by atoms with Crippen LogP contribution in [0.4, 0.5) is 0 Å². The number of Topliss-reactive ketones (excluding diaryl/α,β-unsaturated/α-hetero) is 1. The highest BCUT2D eigenvalue weighted by Crippen LogP contribution is 2.41. The number of aromatic nitrogens is 1. The van der Waals surface area contributed by atoms with Gasteiger partial charge in [-0.3, -0.25) is 14.6 Å². The third kappa shape index (κ3) is 4.25. The first-order chi connectivity index (χ1) is 17.0. The summed E-state index contributed by atoms with van der Waals surface area (Å²) < 4.78 is 11.3. The molecule has 0 bridgehead atoms. The Hall–Kier alpha value is -4.13. The molecule has 2 unspecified atom stereocenters. The van der Waals surface area contributed by atoms with Crippen molar-refractivity contribution in [1.82, 2.24) is 9.88 Å². The first-order valence-electron chi connectivity index (χ1n) is 11.7. The predicted molar refractivity (Wildman–Crippen MR) is 130 cm³/mol. The lowest BCUT2D eigenvalue weighted by Crippen LogP contribution is -2.29. The Morgan fingerprint density at radius 2 is 1.97 bits per heavy atom. The van der Waals surface area contributed by atoms with Crippen molar-refractivity contribution >= 4 is 17.4 Å². The van der Waals surface area contributed by atoms with Gasteiger partial charge in [-0.1, -0.05) is 18.2 Å². The second kappa shape index (κ2) is 9.25.